The van der Waals surface area contributed by atoms with E-state index in [-0.39, 0.29) is 17.9 Å². The third-order valence-electron chi connectivity index (χ3n) is 2.45. The molecule has 1 rings (SSSR count). The highest BCUT2D eigenvalue weighted by Crippen LogP contribution is 2.25. The molecule has 0 atom stereocenters. The first-order valence-electron chi connectivity index (χ1n) is 6.74. The first kappa shape index (κ1) is 26.5. The minimum atomic E-state index is -4.64. The predicted octanol–water partition coefficient (Wildman–Crippen LogP) is -1.02. The second-order valence-corrected chi connectivity index (χ2v) is 5.57. The van der Waals surface area contributed by atoms with Crippen LogP contribution in [0.4, 0.5) is 0 Å². The van der Waals surface area contributed by atoms with E-state index in [0.717, 1.165) is 0 Å². The smallest absolute Gasteiger partial charge is 0.466 e. The Bertz CT molecular complexity index is 718. The molecule has 0 saturated heterocycles. The summed E-state index contributed by atoms with van der Waals surface area (Å²) in [6.07, 6.45) is 1.02. The van der Waals surface area contributed by atoms with Gasteiger partial charge in [-0.15, -0.1) is 0 Å². The molecule has 0 spiro atoms. The Hall–Kier alpha value is -2.70. The molecule has 1 aromatic heterocycles. The van der Waals surface area contributed by atoms with Gasteiger partial charge in [0.1, 0.15) is 5.75 Å². The Morgan fingerprint density at radius 1 is 1.15 bits per heavy atom. The number of hydrogen-bond donors (Lipinski definition) is 7. The third kappa shape index (κ3) is 14.2. The van der Waals surface area contributed by atoms with Crippen LogP contribution in [0.5, 0.6) is 5.75 Å². The van der Waals surface area contributed by atoms with Crippen molar-refractivity contribution < 1.29 is 58.8 Å². The number of aryl methyl sites for hydroxylation is 1. The summed E-state index contributed by atoms with van der Waals surface area (Å²) in [5.74, 6) is -3.98. The van der Waals surface area contributed by atoms with Gasteiger partial charge in [-0.1, -0.05) is 0 Å². The SMILES string of the molecule is Cc1ncc(CO)c(C=O)c1O.O=C(O)CCC(=O)C(=O)O.O=P(O)(O)O. The van der Waals surface area contributed by atoms with Crippen molar-refractivity contribution in [3.8, 4) is 5.75 Å². The van der Waals surface area contributed by atoms with Crippen molar-refractivity contribution in [3.63, 3.8) is 0 Å². The minimum Gasteiger partial charge on any atom is -0.505 e. The molecular weight excluding hydrogens is 393 g/mol. The van der Waals surface area contributed by atoms with Gasteiger partial charge in [0, 0.05) is 18.2 Å². The number of aromatic nitrogens is 1. The zero-order chi connectivity index (χ0) is 21.8. The van der Waals surface area contributed by atoms with Crippen LogP contribution in [0.3, 0.4) is 0 Å². The molecule has 0 aliphatic carbocycles. The van der Waals surface area contributed by atoms with E-state index < -0.39 is 38.4 Å². The number of pyridine rings is 1. The molecule has 0 fully saturated rings. The summed E-state index contributed by atoms with van der Waals surface area (Å²) in [5.41, 5.74) is 0.840. The van der Waals surface area contributed by atoms with Crippen LogP contribution in [0.25, 0.3) is 0 Å². The van der Waals surface area contributed by atoms with Crippen LogP contribution in [0.1, 0.15) is 34.5 Å². The number of phosphoric acid groups is 1. The molecule has 27 heavy (non-hydrogen) atoms. The third-order valence-corrected chi connectivity index (χ3v) is 2.45. The number of carboxylic acids is 2. The van der Waals surface area contributed by atoms with Crippen molar-refractivity contribution in [2.45, 2.75) is 26.4 Å². The van der Waals surface area contributed by atoms with Crippen LogP contribution < -0.4 is 0 Å². The average Bonchev–Trinajstić information content (AvgIpc) is 2.53. The van der Waals surface area contributed by atoms with Gasteiger partial charge in [-0.2, -0.15) is 0 Å². The second-order valence-electron chi connectivity index (χ2n) is 4.54. The van der Waals surface area contributed by atoms with Crippen LogP contribution in [0.15, 0.2) is 6.20 Å². The highest BCUT2D eigenvalue weighted by atomic mass is 31.2. The number of carbonyl (C=O) groups excluding carboxylic acids is 2. The summed E-state index contributed by atoms with van der Waals surface area (Å²) in [6, 6.07) is 0. The number of aliphatic hydroxyl groups excluding tert-OH is 1. The molecule has 1 aromatic rings. The van der Waals surface area contributed by atoms with E-state index >= 15 is 0 Å². The van der Waals surface area contributed by atoms with Gasteiger partial charge in [0.2, 0.25) is 5.78 Å². The second kappa shape index (κ2) is 12.6. The molecule has 0 amide bonds. The molecule has 0 aliphatic heterocycles. The fraction of sp³-hybridized carbons (Fsp3) is 0.308. The van der Waals surface area contributed by atoms with Gasteiger partial charge in [0.15, 0.2) is 6.29 Å². The monoisotopic (exact) mass is 411 g/mol. The van der Waals surface area contributed by atoms with E-state index in [1.165, 1.54) is 6.20 Å². The molecule has 14 heteroatoms. The van der Waals surface area contributed by atoms with E-state index in [1.54, 1.807) is 6.92 Å². The molecule has 7 N–H and O–H groups in total. The number of rotatable bonds is 6. The van der Waals surface area contributed by atoms with E-state index in [1.807, 2.05) is 0 Å². The van der Waals surface area contributed by atoms with Crippen LogP contribution in [0, 0.1) is 6.92 Å². The average molecular weight is 411 g/mol. The summed E-state index contributed by atoms with van der Waals surface area (Å²) in [7, 11) is -4.64. The fourth-order valence-corrected chi connectivity index (χ4v) is 1.24. The highest BCUT2D eigenvalue weighted by molar-refractivity contribution is 7.45. The summed E-state index contributed by atoms with van der Waals surface area (Å²) in [6.45, 7) is 1.29. The Morgan fingerprint density at radius 2 is 1.63 bits per heavy atom. The molecule has 0 aromatic carbocycles. The Balaban J connectivity index is 0. The van der Waals surface area contributed by atoms with Crippen LogP contribution in [-0.2, 0) is 25.6 Å². The van der Waals surface area contributed by atoms with Gasteiger partial charge >= 0.3 is 19.8 Å². The van der Waals surface area contributed by atoms with Gasteiger partial charge in [-0.3, -0.25) is 19.4 Å². The van der Waals surface area contributed by atoms with E-state index in [0.29, 0.717) is 17.5 Å². The molecule has 0 bridgehead atoms. The van der Waals surface area contributed by atoms with Crippen molar-refractivity contribution in [1.29, 1.82) is 0 Å². The van der Waals surface area contributed by atoms with Gasteiger partial charge in [0.05, 0.1) is 24.3 Å². The number of hydrogen-bond acceptors (Lipinski definition) is 8. The summed E-state index contributed by atoms with van der Waals surface area (Å²) >= 11 is 0. The normalized spacial score (nSPS) is 9.81. The van der Waals surface area contributed by atoms with Gasteiger partial charge < -0.3 is 35.1 Å². The number of aliphatic carboxylic acids is 2. The standard InChI is InChI=1S/C8H9NO3.C5H6O5.H3O4P/c1-5-8(12)7(4-11)6(3-10)2-9-5;6-3(5(9)10)1-2-4(7)8;1-5(2,3)4/h2,4,10,12H,3H2,1H3;1-2H2,(H,7,8)(H,9,10);(H3,1,2,3,4). The van der Waals surface area contributed by atoms with Crippen LogP contribution >= 0.6 is 7.82 Å². The number of aliphatic hydroxyl groups is 1. The van der Waals surface area contributed by atoms with Gasteiger partial charge in [-0.05, 0) is 6.92 Å². The first-order valence-corrected chi connectivity index (χ1v) is 8.30. The molecule has 13 nitrogen and oxygen atoms in total. The Kier molecular flexibility index (Phi) is 12.4. The number of aromatic hydroxyl groups is 1. The molecule has 0 unspecified atom stereocenters. The molecule has 152 valence electrons. The number of carboxylic acid groups (broad SMARTS) is 2. The Morgan fingerprint density at radius 3 is 1.96 bits per heavy atom. The number of carbonyl (C=O) groups is 4. The van der Waals surface area contributed by atoms with Gasteiger partial charge in [-0.25, -0.2) is 9.36 Å². The molecule has 0 saturated carbocycles. The zero-order valence-corrected chi connectivity index (χ0v) is 14.7. The highest BCUT2D eigenvalue weighted by Gasteiger charge is 2.12. The lowest BCUT2D eigenvalue weighted by Crippen LogP contribution is -2.13. The van der Waals surface area contributed by atoms with Crippen molar-refractivity contribution in [2.75, 3.05) is 0 Å². The summed E-state index contributed by atoms with van der Waals surface area (Å²) in [5, 5.41) is 34.0. The van der Waals surface area contributed by atoms with Crippen molar-refractivity contribution in [3.05, 3.63) is 23.0 Å². The predicted molar refractivity (Wildman–Crippen MR) is 85.7 cm³/mol. The molecule has 0 aliphatic rings. The summed E-state index contributed by atoms with van der Waals surface area (Å²) < 4.78 is 8.88. The quantitative estimate of drug-likeness (QED) is 0.169. The van der Waals surface area contributed by atoms with Gasteiger partial charge in [0.25, 0.3) is 0 Å². The van der Waals surface area contributed by atoms with Crippen molar-refractivity contribution in [1.82, 2.24) is 4.98 Å². The molecular formula is C13H18NO12P. The number of Topliss-reactive ketones (excluding diaryl/α,β-unsaturated/α-hetero) is 1. The maximum Gasteiger partial charge on any atom is 0.466 e. The summed E-state index contributed by atoms with van der Waals surface area (Å²) in [4.78, 5) is 65.5. The van der Waals surface area contributed by atoms with Crippen LogP contribution in [0.2, 0.25) is 0 Å². The van der Waals surface area contributed by atoms with E-state index in [2.05, 4.69) is 4.98 Å². The maximum atomic E-state index is 10.5. The number of aldehydes is 1. The van der Waals surface area contributed by atoms with Crippen molar-refractivity contribution in [2.24, 2.45) is 0 Å². The number of nitrogens with zero attached hydrogens (tertiary/aromatic N) is 1. The van der Waals surface area contributed by atoms with Crippen LogP contribution in [-0.4, -0.2) is 64.1 Å². The molecule has 0 radical (unpaired) electrons. The maximum absolute atomic E-state index is 10.5. The zero-order valence-electron chi connectivity index (χ0n) is 13.8. The lowest BCUT2D eigenvalue weighted by Gasteiger charge is -2.04. The number of ketones is 1. The lowest BCUT2D eigenvalue weighted by molar-refractivity contribution is -0.149. The fourth-order valence-electron chi connectivity index (χ4n) is 1.24. The lowest BCUT2D eigenvalue weighted by atomic mass is 10.1. The Labute approximate surface area is 151 Å². The molecule has 1 heterocycles. The largest absolute Gasteiger partial charge is 0.505 e. The first-order chi connectivity index (χ1) is 12.2. The topological polar surface area (TPSA) is 240 Å². The van der Waals surface area contributed by atoms with E-state index in [9.17, 15) is 24.3 Å². The van der Waals surface area contributed by atoms with E-state index in [4.69, 9.17) is 34.6 Å². The minimum absolute atomic E-state index is 0.116. The van der Waals surface area contributed by atoms with Crippen molar-refractivity contribution >= 4 is 31.8 Å².